The molecule has 25 heavy (non-hydrogen) atoms. The summed E-state index contributed by atoms with van der Waals surface area (Å²) in [6.07, 6.45) is 0. The first-order valence-corrected chi connectivity index (χ1v) is 9.83. The summed E-state index contributed by atoms with van der Waals surface area (Å²) in [6, 6.07) is 15.9. The fourth-order valence-electron chi connectivity index (χ4n) is 2.41. The molecule has 1 atom stereocenters. The van der Waals surface area contributed by atoms with Crippen molar-refractivity contribution in [2.75, 3.05) is 13.7 Å². The molecule has 1 aromatic heterocycles. The first kappa shape index (κ1) is 17.9. The zero-order chi connectivity index (χ0) is 17.6. The Morgan fingerprint density at radius 1 is 1.24 bits per heavy atom. The Kier molecular flexibility index (Phi) is 6.07. The standard InChI is InChI=1S/C19H20N2O2S2/c1-13(11-23-2)20-18(22)15-9-7-14(8-10-15)12-24-19-21-16-5-3-4-6-17(16)25-19/h3-10,13H,11-12H2,1-2H3,(H,20,22). The van der Waals surface area contributed by atoms with Crippen LogP contribution in [-0.2, 0) is 10.5 Å². The molecule has 1 heterocycles. The van der Waals surface area contributed by atoms with Crippen LogP contribution in [0.4, 0.5) is 0 Å². The lowest BCUT2D eigenvalue weighted by molar-refractivity contribution is 0.0905. The van der Waals surface area contributed by atoms with Crippen molar-refractivity contribution >= 4 is 39.2 Å². The van der Waals surface area contributed by atoms with Crippen LogP contribution in [0.1, 0.15) is 22.8 Å². The smallest absolute Gasteiger partial charge is 0.251 e. The molecule has 0 spiro atoms. The Bertz CT molecular complexity index is 813. The minimum Gasteiger partial charge on any atom is -0.383 e. The van der Waals surface area contributed by atoms with E-state index in [1.807, 2.05) is 49.4 Å². The van der Waals surface area contributed by atoms with Crippen molar-refractivity contribution in [3.8, 4) is 0 Å². The highest BCUT2D eigenvalue weighted by atomic mass is 32.2. The maximum atomic E-state index is 12.1. The average Bonchev–Trinajstić information content (AvgIpc) is 3.03. The molecular formula is C19H20N2O2S2. The van der Waals surface area contributed by atoms with Gasteiger partial charge in [0.25, 0.3) is 5.91 Å². The Hall–Kier alpha value is -1.89. The van der Waals surface area contributed by atoms with Gasteiger partial charge in [0, 0.05) is 24.5 Å². The quantitative estimate of drug-likeness (QED) is 0.626. The molecule has 130 valence electrons. The SMILES string of the molecule is COCC(C)NC(=O)c1ccc(CSc2nc3ccccc3s2)cc1. The number of fused-ring (bicyclic) bond motifs is 1. The van der Waals surface area contributed by atoms with Crippen LogP contribution < -0.4 is 5.32 Å². The van der Waals surface area contributed by atoms with E-state index < -0.39 is 0 Å². The van der Waals surface area contributed by atoms with E-state index in [0.29, 0.717) is 12.2 Å². The van der Waals surface area contributed by atoms with Gasteiger partial charge in [0.1, 0.15) is 0 Å². The second-order valence-electron chi connectivity index (χ2n) is 5.76. The number of aromatic nitrogens is 1. The van der Waals surface area contributed by atoms with Gasteiger partial charge < -0.3 is 10.1 Å². The second-order valence-corrected chi connectivity index (χ2v) is 8.02. The van der Waals surface area contributed by atoms with Gasteiger partial charge in [-0.15, -0.1) is 11.3 Å². The van der Waals surface area contributed by atoms with Crippen LogP contribution in [0.5, 0.6) is 0 Å². The Balaban J connectivity index is 1.57. The molecule has 3 rings (SSSR count). The predicted molar refractivity (Wildman–Crippen MR) is 104 cm³/mol. The Morgan fingerprint density at radius 3 is 2.72 bits per heavy atom. The number of thioether (sulfide) groups is 1. The van der Waals surface area contributed by atoms with Gasteiger partial charge in [-0.25, -0.2) is 4.98 Å². The molecule has 6 heteroatoms. The highest BCUT2D eigenvalue weighted by Crippen LogP contribution is 2.31. The van der Waals surface area contributed by atoms with E-state index in [4.69, 9.17) is 4.74 Å². The van der Waals surface area contributed by atoms with Gasteiger partial charge in [-0.1, -0.05) is 36.0 Å². The first-order chi connectivity index (χ1) is 12.2. The van der Waals surface area contributed by atoms with Crippen LogP contribution in [0.15, 0.2) is 52.9 Å². The molecule has 3 aromatic rings. The number of methoxy groups -OCH3 is 1. The number of thiazole rings is 1. The van der Waals surface area contributed by atoms with Gasteiger partial charge in [0.15, 0.2) is 4.34 Å². The molecule has 1 unspecified atom stereocenters. The summed E-state index contributed by atoms with van der Waals surface area (Å²) in [5.41, 5.74) is 2.88. The highest BCUT2D eigenvalue weighted by molar-refractivity contribution is 8.00. The molecule has 0 aliphatic carbocycles. The van der Waals surface area contributed by atoms with Crippen molar-refractivity contribution in [1.82, 2.24) is 10.3 Å². The number of para-hydroxylation sites is 1. The minimum atomic E-state index is -0.0741. The molecule has 0 aliphatic rings. The third-order valence-corrected chi connectivity index (χ3v) is 5.90. The van der Waals surface area contributed by atoms with E-state index in [2.05, 4.69) is 16.4 Å². The van der Waals surface area contributed by atoms with Gasteiger partial charge in [-0.05, 0) is 36.8 Å². The van der Waals surface area contributed by atoms with Gasteiger partial charge in [-0.2, -0.15) is 0 Å². The zero-order valence-corrected chi connectivity index (χ0v) is 15.8. The van der Waals surface area contributed by atoms with E-state index in [1.165, 1.54) is 10.3 Å². The van der Waals surface area contributed by atoms with Crippen molar-refractivity contribution in [1.29, 1.82) is 0 Å². The second kappa shape index (κ2) is 8.47. The number of rotatable bonds is 7. The van der Waals surface area contributed by atoms with E-state index in [0.717, 1.165) is 15.6 Å². The van der Waals surface area contributed by atoms with Gasteiger partial charge in [-0.3, -0.25) is 4.79 Å². The van der Waals surface area contributed by atoms with Crippen LogP contribution in [0, 0.1) is 0 Å². The number of amides is 1. The summed E-state index contributed by atoms with van der Waals surface area (Å²) in [5.74, 6) is 0.761. The summed E-state index contributed by atoms with van der Waals surface area (Å²) in [5, 5.41) is 2.91. The van der Waals surface area contributed by atoms with Crippen molar-refractivity contribution in [3.63, 3.8) is 0 Å². The van der Waals surface area contributed by atoms with Gasteiger partial charge in [0.05, 0.1) is 16.8 Å². The molecule has 0 radical (unpaired) electrons. The number of nitrogens with one attached hydrogen (secondary N) is 1. The first-order valence-electron chi connectivity index (χ1n) is 8.03. The lowest BCUT2D eigenvalue weighted by atomic mass is 10.1. The van der Waals surface area contributed by atoms with Crippen molar-refractivity contribution in [2.24, 2.45) is 0 Å². The summed E-state index contributed by atoms with van der Waals surface area (Å²) >= 11 is 3.43. The number of nitrogens with zero attached hydrogens (tertiary/aromatic N) is 1. The normalized spacial score (nSPS) is 12.2. The minimum absolute atomic E-state index is 0.00762. The molecule has 1 amide bonds. The molecule has 4 nitrogen and oxygen atoms in total. The maximum absolute atomic E-state index is 12.1. The van der Waals surface area contributed by atoms with Crippen LogP contribution in [0.25, 0.3) is 10.2 Å². The molecule has 0 bridgehead atoms. The number of benzene rings is 2. The van der Waals surface area contributed by atoms with E-state index in [1.54, 1.807) is 30.2 Å². The van der Waals surface area contributed by atoms with Crippen LogP contribution in [0.2, 0.25) is 0 Å². The van der Waals surface area contributed by atoms with Crippen molar-refractivity contribution in [3.05, 3.63) is 59.7 Å². The summed E-state index contributed by atoms with van der Waals surface area (Å²) in [6.45, 7) is 2.42. The Morgan fingerprint density at radius 2 is 2.00 bits per heavy atom. The number of hydrogen-bond donors (Lipinski definition) is 1. The monoisotopic (exact) mass is 372 g/mol. The van der Waals surface area contributed by atoms with E-state index in [-0.39, 0.29) is 11.9 Å². The lowest BCUT2D eigenvalue weighted by Crippen LogP contribution is -2.35. The predicted octanol–water partition coefficient (Wildman–Crippen LogP) is 4.35. The maximum Gasteiger partial charge on any atom is 0.251 e. The topological polar surface area (TPSA) is 51.2 Å². The molecule has 0 aliphatic heterocycles. The van der Waals surface area contributed by atoms with Crippen molar-refractivity contribution in [2.45, 2.75) is 23.1 Å². The largest absolute Gasteiger partial charge is 0.383 e. The summed E-state index contributed by atoms with van der Waals surface area (Å²) in [7, 11) is 1.63. The molecule has 1 N–H and O–H groups in total. The molecule has 0 saturated heterocycles. The third-order valence-electron chi connectivity index (χ3n) is 3.65. The fourth-order valence-corrected chi connectivity index (χ4v) is 4.43. The van der Waals surface area contributed by atoms with E-state index in [9.17, 15) is 4.79 Å². The summed E-state index contributed by atoms with van der Waals surface area (Å²) < 4.78 is 7.31. The van der Waals surface area contributed by atoms with E-state index >= 15 is 0 Å². The van der Waals surface area contributed by atoms with Crippen LogP contribution in [-0.4, -0.2) is 30.6 Å². The average molecular weight is 373 g/mol. The number of carbonyl (C=O) groups is 1. The molecular weight excluding hydrogens is 352 g/mol. The number of carbonyl (C=O) groups excluding carboxylic acids is 1. The highest BCUT2D eigenvalue weighted by Gasteiger charge is 2.10. The zero-order valence-electron chi connectivity index (χ0n) is 14.2. The molecule has 0 fully saturated rings. The Labute approximate surface area is 155 Å². The van der Waals surface area contributed by atoms with Gasteiger partial charge >= 0.3 is 0 Å². The summed E-state index contributed by atoms with van der Waals surface area (Å²) in [4.78, 5) is 16.8. The molecule has 0 saturated carbocycles. The van der Waals surface area contributed by atoms with Crippen LogP contribution in [0.3, 0.4) is 0 Å². The fraction of sp³-hybridized carbons (Fsp3) is 0.263. The van der Waals surface area contributed by atoms with Gasteiger partial charge in [0.2, 0.25) is 0 Å². The number of hydrogen-bond acceptors (Lipinski definition) is 5. The van der Waals surface area contributed by atoms with Crippen LogP contribution >= 0.6 is 23.1 Å². The molecule has 2 aromatic carbocycles. The third kappa shape index (κ3) is 4.81. The number of ether oxygens (including phenoxy) is 1. The van der Waals surface area contributed by atoms with Crippen molar-refractivity contribution < 1.29 is 9.53 Å². The lowest BCUT2D eigenvalue weighted by Gasteiger charge is -2.12.